The van der Waals surface area contributed by atoms with Crippen LogP contribution in [0.1, 0.15) is 18.4 Å². The van der Waals surface area contributed by atoms with Crippen molar-refractivity contribution in [3.05, 3.63) is 47.3 Å². The minimum atomic E-state index is -3.36. The van der Waals surface area contributed by atoms with Crippen molar-refractivity contribution in [3.8, 4) is 6.07 Å². The summed E-state index contributed by atoms with van der Waals surface area (Å²) in [6, 6.07) is 11.8. The molecule has 0 spiro atoms. The molecule has 1 heterocycles. The Morgan fingerprint density at radius 1 is 1.23 bits per heavy atom. The number of carbonyl (C=O) groups is 1. The van der Waals surface area contributed by atoms with E-state index in [0.717, 1.165) is 0 Å². The van der Waals surface area contributed by atoms with Gasteiger partial charge in [0.1, 0.15) is 11.1 Å². The van der Waals surface area contributed by atoms with E-state index in [2.05, 4.69) is 5.32 Å². The van der Waals surface area contributed by atoms with Crippen LogP contribution >= 0.6 is 11.3 Å². The van der Waals surface area contributed by atoms with Crippen LogP contribution in [0.5, 0.6) is 0 Å². The average molecular weight is 334 g/mol. The molecule has 0 bridgehead atoms. The third-order valence-electron chi connectivity index (χ3n) is 2.96. The van der Waals surface area contributed by atoms with Crippen LogP contribution in [-0.4, -0.2) is 20.1 Å². The maximum Gasteiger partial charge on any atom is 0.225 e. The fraction of sp³-hybridized carbons (Fsp3) is 0.200. The lowest BCUT2D eigenvalue weighted by Crippen LogP contribution is -2.14. The number of thiophene rings is 1. The van der Waals surface area contributed by atoms with Crippen LogP contribution in [-0.2, 0) is 14.6 Å². The molecule has 0 fully saturated rings. The van der Waals surface area contributed by atoms with Gasteiger partial charge in [0, 0.05) is 6.42 Å². The maximum atomic E-state index is 12.1. The Hall–Kier alpha value is -2.17. The van der Waals surface area contributed by atoms with E-state index < -0.39 is 9.84 Å². The molecule has 0 aliphatic carbocycles. The van der Waals surface area contributed by atoms with E-state index in [4.69, 9.17) is 5.26 Å². The maximum absolute atomic E-state index is 12.1. The van der Waals surface area contributed by atoms with Crippen LogP contribution in [0.15, 0.2) is 46.7 Å². The van der Waals surface area contributed by atoms with Crippen molar-refractivity contribution in [1.29, 1.82) is 5.26 Å². The minimum absolute atomic E-state index is 0.0834. The van der Waals surface area contributed by atoms with Crippen LogP contribution in [0.25, 0.3) is 0 Å². The number of nitrogens with zero attached hydrogens (tertiary/aromatic N) is 1. The Labute approximate surface area is 133 Å². The predicted molar refractivity (Wildman–Crippen MR) is 85.4 cm³/mol. The molecule has 1 aromatic heterocycles. The summed E-state index contributed by atoms with van der Waals surface area (Å²) in [4.78, 5) is 12.1. The van der Waals surface area contributed by atoms with E-state index in [1.165, 1.54) is 11.3 Å². The Kier molecular flexibility index (Phi) is 5.31. The number of nitriles is 1. The molecule has 1 N–H and O–H groups in total. The number of carbonyl (C=O) groups excluding carboxylic acids is 1. The highest BCUT2D eigenvalue weighted by Gasteiger charge is 2.15. The largest absolute Gasteiger partial charge is 0.317 e. The Bertz CT molecular complexity index is 790. The number of hydrogen-bond donors (Lipinski definition) is 1. The van der Waals surface area contributed by atoms with Gasteiger partial charge in [-0.1, -0.05) is 18.2 Å². The van der Waals surface area contributed by atoms with Crippen LogP contribution in [0, 0.1) is 11.3 Å². The minimum Gasteiger partial charge on any atom is -0.317 e. The lowest BCUT2D eigenvalue weighted by Gasteiger charge is -2.05. The molecule has 5 nitrogen and oxygen atoms in total. The molecular formula is C15H14N2O3S2. The van der Waals surface area contributed by atoms with Gasteiger partial charge in [-0.2, -0.15) is 5.26 Å². The molecule has 0 radical (unpaired) electrons. The summed E-state index contributed by atoms with van der Waals surface area (Å²) in [6.45, 7) is 0. The summed E-state index contributed by atoms with van der Waals surface area (Å²) < 4.78 is 24.1. The van der Waals surface area contributed by atoms with Crippen LogP contribution in [0.3, 0.4) is 0 Å². The Morgan fingerprint density at radius 3 is 2.64 bits per heavy atom. The van der Waals surface area contributed by atoms with Gasteiger partial charge in [0.15, 0.2) is 9.84 Å². The summed E-state index contributed by atoms with van der Waals surface area (Å²) in [7, 11) is -3.36. The van der Waals surface area contributed by atoms with E-state index >= 15 is 0 Å². The monoisotopic (exact) mass is 334 g/mol. The molecule has 0 saturated carbocycles. The van der Waals surface area contributed by atoms with Crippen molar-refractivity contribution in [3.63, 3.8) is 0 Å². The van der Waals surface area contributed by atoms with E-state index in [-0.39, 0.29) is 29.4 Å². The van der Waals surface area contributed by atoms with Crippen molar-refractivity contribution in [2.75, 3.05) is 11.1 Å². The highest BCUT2D eigenvalue weighted by Crippen LogP contribution is 2.22. The van der Waals surface area contributed by atoms with E-state index in [1.807, 2.05) is 6.07 Å². The summed E-state index contributed by atoms with van der Waals surface area (Å²) in [6.07, 6.45) is 0.325. The van der Waals surface area contributed by atoms with Gasteiger partial charge in [-0.3, -0.25) is 4.79 Å². The molecule has 2 aromatic rings. The normalized spacial score (nSPS) is 10.9. The topological polar surface area (TPSA) is 87.0 Å². The Morgan fingerprint density at radius 2 is 1.95 bits per heavy atom. The molecule has 7 heteroatoms. The fourth-order valence-corrected chi connectivity index (χ4v) is 3.94. The van der Waals surface area contributed by atoms with E-state index in [9.17, 15) is 13.2 Å². The molecule has 0 unspecified atom stereocenters. The second kappa shape index (κ2) is 7.20. The summed E-state index contributed by atoms with van der Waals surface area (Å²) in [5.74, 6) is -0.373. The molecule has 1 aromatic carbocycles. The number of benzene rings is 1. The van der Waals surface area contributed by atoms with Gasteiger partial charge < -0.3 is 5.32 Å². The van der Waals surface area contributed by atoms with Crippen molar-refractivity contribution in [1.82, 2.24) is 0 Å². The highest BCUT2D eigenvalue weighted by molar-refractivity contribution is 7.91. The van der Waals surface area contributed by atoms with Gasteiger partial charge >= 0.3 is 0 Å². The van der Waals surface area contributed by atoms with E-state index in [0.29, 0.717) is 10.6 Å². The summed E-state index contributed by atoms with van der Waals surface area (Å²) in [5, 5.41) is 13.7. The lowest BCUT2D eigenvalue weighted by atomic mass is 10.3. The first kappa shape index (κ1) is 16.2. The number of rotatable bonds is 6. The number of nitrogens with one attached hydrogen (secondary N) is 1. The number of anilines is 1. The first-order chi connectivity index (χ1) is 10.5. The number of sulfone groups is 1. The zero-order chi connectivity index (χ0) is 16.0. The Balaban J connectivity index is 1.86. The van der Waals surface area contributed by atoms with Gasteiger partial charge in [-0.25, -0.2) is 8.42 Å². The van der Waals surface area contributed by atoms with Gasteiger partial charge in [0.25, 0.3) is 0 Å². The van der Waals surface area contributed by atoms with Crippen molar-refractivity contribution < 1.29 is 13.2 Å². The molecule has 0 atom stereocenters. The smallest absolute Gasteiger partial charge is 0.225 e. The molecule has 2 rings (SSSR count). The van der Waals surface area contributed by atoms with E-state index in [1.54, 1.807) is 41.8 Å². The fourth-order valence-electron chi connectivity index (χ4n) is 1.85. The molecule has 114 valence electrons. The van der Waals surface area contributed by atoms with Crippen LogP contribution in [0.4, 0.5) is 5.00 Å². The molecule has 22 heavy (non-hydrogen) atoms. The van der Waals surface area contributed by atoms with Gasteiger partial charge in [0.05, 0.1) is 16.2 Å². The first-order valence-electron chi connectivity index (χ1n) is 6.58. The van der Waals surface area contributed by atoms with Crippen molar-refractivity contribution >= 4 is 32.1 Å². The van der Waals surface area contributed by atoms with Crippen LogP contribution < -0.4 is 5.32 Å². The molecule has 0 aliphatic heterocycles. The van der Waals surface area contributed by atoms with Crippen LogP contribution in [0.2, 0.25) is 0 Å². The first-order valence-corrected chi connectivity index (χ1v) is 9.11. The standard InChI is InChI=1S/C15H14N2O3S2/c16-11-12-8-9-21-15(12)17-14(18)7-4-10-22(19,20)13-5-2-1-3-6-13/h1-3,5-6,8-9H,4,7,10H2,(H,17,18). The zero-order valence-electron chi connectivity index (χ0n) is 11.7. The molecule has 1 amide bonds. The van der Waals surface area contributed by atoms with Gasteiger partial charge in [0.2, 0.25) is 5.91 Å². The van der Waals surface area contributed by atoms with Gasteiger partial charge in [-0.15, -0.1) is 11.3 Å². The third-order valence-corrected chi connectivity index (χ3v) is 5.60. The average Bonchev–Trinajstić information content (AvgIpc) is 2.95. The third kappa shape index (κ3) is 4.16. The summed E-state index contributed by atoms with van der Waals surface area (Å²) in [5.41, 5.74) is 0.412. The van der Waals surface area contributed by atoms with Crippen molar-refractivity contribution in [2.24, 2.45) is 0 Å². The number of amides is 1. The second-order valence-electron chi connectivity index (χ2n) is 4.56. The molecule has 0 saturated heterocycles. The quantitative estimate of drug-likeness (QED) is 0.880. The SMILES string of the molecule is N#Cc1ccsc1NC(=O)CCCS(=O)(=O)c1ccccc1. The lowest BCUT2D eigenvalue weighted by molar-refractivity contribution is -0.116. The molecule has 0 aliphatic rings. The summed E-state index contributed by atoms with van der Waals surface area (Å²) >= 11 is 1.27. The zero-order valence-corrected chi connectivity index (χ0v) is 13.3. The van der Waals surface area contributed by atoms with Gasteiger partial charge in [-0.05, 0) is 30.0 Å². The predicted octanol–water partition coefficient (Wildman–Crippen LogP) is 2.81. The highest BCUT2D eigenvalue weighted by atomic mass is 32.2. The molecular weight excluding hydrogens is 320 g/mol. The van der Waals surface area contributed by atoms with Crippen molar-refractivity contribution in [2.45, 2.75) is 17.7 Å². The number of hydrogen-bond acceptors (Lipinski definition) is 5. The second-order valence-corrected chi connectivity index (χ2v) is 7.58.